The molecule has 2 aliphatic rings. The van der Waals surface area contributed by atoms with Gasteiger partial charge in [-0.1, -0.05) is 30.3 Å². The molecule has 33 heavy (non-hydrogen) atoms. The first-order valence-corrected chi connectivity index (χ1v) is 11.9. The van der Waals surface area contributed by atoms with Crippen molar-refractivity contribution in [1.82, 2.24) is 15.1 Å². The van der Waals surface area contributed by atoms with Gasteiger partial charge in [0.2, 0.25) is 5.91 Å². The number of fused-ring (bicyclic) bond motifs is 1. The quantitative estimate of drug-likeness (QED) is 0.594. The van der Waals surface area contributed by atoms with Crippen molar-refractivity contribution in [3.63, 3.8) is 0 Å². The molecular weight excluding hydrogens is 414 g/mol. The van der Waals surface area contributed by atoms with E-state index in [2.05, 4.69) is 40.7 Å². The SMILES string of the molecule is Cc1ccn(CC(=O)NC2CCC(Oc3ccc4c(c3)CCC(c3ccccc3)O4)CC2)n1. The van der Waals surface area contributed by atoms with Crippen LogP contribution in [0.25, 0.3) is 0 Å². The van der Waals surface area contributed by atoms with Crippen LogP contribution >= 0.6 is 0 Å². The summed E-state index contributed by atoms with van der Waals surface area (Å²) >= 11 is 0. The summed E-state index contributed by atoms with van der Waals surface area (Å²) in [7, 11) is 0. The second-order valence-electron chi connectivity index (χ2n) is 9.14. The predicted molar refractivity (Wildman–Crippen MR) is 126 cm³/mol. The molecule has 5 rings (SSSR count). The van der Waals surface area contributed by atoms with Crippen molar-refractivity contribution in [2.24, 2.45) is 0 Å². The Morgan fingerprint density at radius 3 is 2.67 bits per heavy atom. The molecule has 0 spiro atoms. The van der Waals surface area contributed by atoms with Crippen LogP contribution in [0.2, 0.25) is 0 Å². The van der Waals surface area contributed by atoms with Crippen LogP contribution < -0.4 is 14.8 Å². The summed E-state index contributed by atoms with van der Waals surface area (Å²) in [6.07, 6.45) is 7.85. The van der Waals surface area contributed by atoms with Gasteiger partial charge in [0.25, 0.3) is 0 Å². The second kappa shape index (κ2) is 9.69. The lowest BCUT2D eigenvalue weighted by molar-refractivity contribution is -0.122. The number of hydrogen-bond donors (Lipinski definition) is 1. The molecule has 0 bridgehead atoms. The summed E-state index contributed by atoms with van der Waals surface area (Å²) in [4.78, 5) is 12.3. The molecule has 0 radical (unpaired) electrons. The van der Waals surface area contributed by atoms with Gasteiger partial charge in [0, 0.05) is 12.2 Å². The average Bonchev–Trinajstić information content (AvgIpc) is 3.24. The second-order valence-corrected chi connectivity index (χ2v) is 9.14. The van der Waals surface area contributed by atoms with Crippen molar-refractivity contribution >= 4 is 5.91 Å². The Balaban J connectivity index is 1.10. The Kier molecular flexibility index (Phi) is 6.33. The van der Waals surface area contributed by atoms with Gasteiger partial charge in [0.15, 0.2) is 0 Å². The van der Waals surface area contributed by atoms with Gasteiger partial charge in [0.05, 0.1) is 11.8 Å². The van der Waals surface area contributed by atoms with Gasteiger partial charge in [-0.15, -0.1) is 0 Å². The van der Waals surface area contributed by atoms with Crippen molar-refractivity contribution in [1.29, 1.82) is 0 Å². The van der Waals surface area contributed by atoms with E-state index in [0.717, 1.165) is 55.7 Å². The summed E-state index contributed by atoms with van der Waals surface area (Å²) in [6.45, 7) is 2.19. The zero-order valence-corrected chi connectivity index (χ0v) is 19.1. The monoisotopic (exact) mass is 445 g/mol. The Morgan fingerprint density at radius 2 is 1.91 bits per heavy atom. The van der Waals surface area contributed by atoms with Crippen LogP contribution in [0.1, 0.15) is 55.0 Å². The molecule has 1 amide bonds. The molecule has 1 saturated carbocycles. The lowest BCUT2D eigenvalue weighted by Gasteiger charge is -2.30. The molecule has 1 aliphatic heterocycles. The van der Waals surface area contributed by atoms with Crippen LogP contribution in [-0.2, 0) is 17.8 Å². The van der Waals surface area contributed by atoms with E-state index in [9.17, 15) is 4.79 Å². The van der Waals surface area contributed by atoms with Crippen LogP contribution in [0.15, 0.2) is 60.8 Å². The highest BCUT2D eigenvalue weighted by Gasteiger charge is 2.25. The molecule has 6 heteroatoms. The minimum Gasteiger partial charge on any atom is -0.490 e. The van der Waals surface area contributed by atoms with Gasteiger partial charge < -0.3 is 14.8 Å². The summed E-state index contributed by atoms with van der Waals surface area (Å²) in [6, 6.07) is 18.7. The lowest BCUT2D eigenvalue weighted by atomic mass is 9.92. The predicted octanol–water partition coefficient (Wildman–Crippen LogP) is 4.76. The molecule has 1 unspecified atom stereocenters. The number of aryl methyl sites for hydroxylation is 2. The van der Waals surface area contributed by atoms with Crippen molar-refractivity contribution in [3.05, 3.63) is 77.6 Å². The smallest absolute Gasteiger partial charge is 0.241 e. The van der Waals surface area contributed by atoms with Gasteiger partial charge in [0.1, 0.15) is 24.1 Å². The molecule has 1 fully saturated rings. The highest BCUT2D eigenvalue weighted by atomic mass is 16.5. The van der Waals surface area contributed by atoms with E-state index in [-0.39, 0.29) is 30.7 Å². The summed E-state index contributed by atoms with van der Waals surface area (Å²) in [5, 5.41) is 7.43. The number of hydrogen-bond acceptors (Lipinski definition) is 4. The highest BCUT2D eigenvalue weighted by Crippen LogP contribution is 2.37. The maximum Gasteiger partial charge on any atom is 0.241 e. The molecule has 2 heterocycles. The topological polar surface area (TPSA) is 65.4 Å². The van der Waals surface area contributed by atoms with Crippen molar-refractivity contribution in [2.45, 2.75) is 70.2 Å². The third-order valence-corrected chi connectivity index (χ3v) is 6.57. The van der Waals surface area contributed by atoms with Gasteiger partial charge in [-0.05, 0) is 80.8 Å². The molecule has 2 aromatic carbocycles. The molecule has 1 atom stereocenters. The number of amides is 1. The Bertz CT molecular complexity index is 1090. The number of rotatable bonds is 6. The number of carbonyl (C=O) groups is 1. The molecule has 6 nitrogen and oxygen atoms in total. The third-order valence-electron chi connectivity index (χ3n) is 6.57. The van der Waals surface area contributed by atoms with E-state index in [1.807, 2.05) is 37.4 Å². The van der Waals surface area contributed by atoms with Crippen LogP contribution in [0.4, 0.5) is 0 Å². The summed E-state index contributed by atoms with van der Waals surface area (Å²) in [5.74, 6) is 1.89. The average molecular weight is 446 g/mol. The zero-order chi connectivity index (χ0) is 22.6. The van der Waals surface area contributed by atoms with E-state index >= 15 is 0 Å². The van der Waals surface area contributed by atoms with Crippen molar-refractivity contribution in [3.8, 4) is 11.5 Å². The molecule has 172 valence electrons. The van der Waals surface area contributed by atoms with E-state index in [0.29, 0.717) is 0 Å². The van der Waals surface area contributed by atoms with Gasteiger partial charge in [-0.25, -0.2) is 0 Å². The van der Waals surface area contributed by atoms with E-state index in [1.165, 1.54) is 11.1 Å². The Morgan fingerprint density at radius 1 is 1.09 bits per heavy atom. The molecule has 1 aliphatic carbocycles. The summed E-state index contributed by atoms with van der Waals surface area (Å²) in [5.41, 5.74) is 3.37. The maximum atomic E-state index is 12.3. The largest absolute Gasteiger partial charge is 0.490 e. The minimum absolute atomic E-state index is 0.0194. The van der Waals surface area contributed by atoms with Gasteiger partial charge in [-0.2, -0.15) is 5.10 Å². The number of aromatic nitrogens is 2. The van der Waals surface area contributed by atoms with E-state index in [4.69, 9.17) is 9.47 Å². The maximum absolute atomic E-state index is 12.3. The van der Waals surface area contributed by atoms with Crippen molar-refractivity contribution < 1.29 is 14.3 Å². The fraction of sp³-hybridized carbons (Fsp3) is 0.407. The number of benzene rings is 2. The minimum atomic E-state index is 0.0194. The van der Waals surface area contributed by atoms with Crippen LogP contribution in [0, 0.1) is 6.92 Å². The third kappa shape index (κ3) is 5.38. The molecule has 1 N–H and O–H groups in total. The van der Waals surface area contributed by atoms with Gasteiger partial charge in [-0.3, -0.25) is 9.48 Å². The summed E-state index contributed by atoms with van der Waals surface area (Å²) < 4.78 is 14.2. The lowest BCUT2D eigenvalue weighted by Crippen LogP contribution is -2.41. The molecule has 0 saturated heterocycles. The number of nitrogens with one attached hydrogen (secondary N) is 1. The number of nitrogens with zero attached hydrogens (tertiary/aromatic N) is 2. The molecule has 1 aromatic heterocycles. The van der Waals surface area contributed by atoms with Gasteiger partial charge >= 0.3 is 0 Å². The standard InChI is InChI=1S/C27H31N3O3/c1-19-15-16-30(29-19)18-27(31)28-22-8-10-23(11-9-22)32-24-12-14-26-21(17-24)7-13-25(33-26)20-5-3-2-4-6-20/h2-6,12,14-17,22-23,25H,7-11,13,18H2,1H3,(H,28,31). The van der Waals surface area contributed by atoms with Crippen molar-refractivity contribution in [2.75, 3.05) is 0 Å². The fourth-order valence-corrected chi connectivity index (χ4v) is 4.83. The zero-order valence-electron chi connectivity index (χ0n) is 19.1. The first-order chi connectivity index (χ1) is 16.1. The van der Waals surface area contributed by atoms with Crippen LogP contribution in [-0.4, -0.2) is 27.8 Å². The number of carbonyl (C=O) groups excluding carboxylic acids is 1. The van der Waals surface area contributed by atoms with Crippen LogP contribution in [0.5, 0.6) is 11.5 Å². The van der Waals surface area contributed by atoms with E-state index in [1.54, 1.807) is 4.68 Å². The first-order valence-electron chi connectivity index (χ1n) is 11.9. The number of ether oxygens (including phenoxy) is 2. The molecule has 3 aromatic rings. The first kappa shape index (κ1) is 21.6. The Hall–Kier alpha value is -3.28. The van der Waals surface area contributed by atoms with E-state index < -0.39 is 0 Å². The Labute approximate surface area is 194 Å². The van der Waals surface area contributed by atoms with Crippen LogP contribution in [0.3, 0.4) is 0 Å². The normalized spacial score (nSPS) is 22.2. The fourth-order valence-electron chi connectivity index (χ4n) is 4.83. The molecular formula is C27H31N3O3. The highest BCUT2D eigenvalue weighted by molar-refractivity contribution is 5.75.